The van der Waals surface area contributed by atoms with E-state index in [2.05, 4.69) is 27.2 Å². The molecular weight excluding hydrogens is 380 g/mol. The molecule has 4 nitrogen and oxygen atoms in total. The van der Waals surface area contributed by atoms with Crippen LogP contribution in [0.3, 0.4) is 0 Å². The number of allylic oxidation sites excluding steroid dienone is 1. The zero-order chi connectivity index (χ0) is 20.1. The van der Waals surface area contributed by atoms with Crippen molar-refractivity contribution >= 4 is 22.6 Å². The molecule has 7 heteroatoms. The van der Waals surface area contributed by atoms with Crippen LogP contribution in [0.15, 0.2) is 54.0 Å². The summed E-state index contributed by atoms with van der Waals surface area (Å²) in [6.45, 7) is 1.12. The highest BCUT2D eigenvalue weighted by Gasteiger charge is 2.12. The third-order valence-corrected chi connectivity index (χ3v) is 4.86. The lowest BCUT2D eigenvalue weighted by atomic mass is 10.0. The molecule has 0 fully saturated rings. The number of benzene rings is 2. The van der Waals surface area contributed by atoms with E-state index in [1.807, 2.05) is 31.4 Å². The molecule has 3 rings (SSSR count). The van der Waals surface area contributed by atoms with Crippen molar-refractivity contribution in [3.63, 3.8) is 0 Å². The van der Waals surface area contributed by atoms with Crippen molar-refractivity contribution in [1.29, 1.82) is 5.26 Å². The van der Waals surface area contributed by atoms with Crippen molar-refractivity contribution in [3.8, 4) is 23.1 Å². The van der Waals surface area contributed by atoms with Crippen LogP contribution >= 0.6 is 11.3 Å². The van der Waals surface area contributed by atoms with E-state index in [0.717, 1.165) is 16.8 Å². The van der Waals surface area contributed by atoms with E-state index in [1.165, 1.54) is 29.2 Å². The number of thiazole rings is 1. The van der Waals surface area contributed by atoms with Crippen LogP contribution in [0.1, 0.15) is 16.1 Å². The summed E-state index contributed by atoms with van der Waals surface area (Å²) in [4.78, 5) is 4.56. The number of aryl methyl sites for hydroxylation is 2. The molecule has 0 unspecified atom stereocenters. The van der Waals surface area contributed by atoms with Gasteiger partial charge < -0.3 is 10.1 Å². The first-order valence-corrected chi connectivity index (χ1v) is 9.30. The van der Waals surface area contributed by atoms with Crippen LogP contribution in [0.25, 0.3) is 16.8 Å². The van der Waals surface area contributed by atoms with Gasteiger partial charge in [-0.1, -0.05) is 35.9 Å². The Bertz CT molecular complexity index is 1050. The van der Waals surface area contributed by atoms with E-state index in [9.17, 15) is 14.0 Å². The number of anilines is 1. The van der Waals surface area contributed by atoms with Gasteiger partial charge in [0.2, 0.25) is 0 Å². The molecule has 0 bridgehead atoms. The number of aromatic nitrogens is 1. The Kier molecular flexibility index (Phi) is 6.02. The molecule has 1 N–H and O–H groups in total. The van der Waals surface area contributed by atoms with Gasteiger partial charge in [0.05, 0.1) is 11.4 Å². The Balaban J connectivity index is 1.85. The van der Waals surface area contributed by atoms with Crippen LogP contribution in [0.4, 0.5) is 14.5 Å². The van der Waals surface area contributed by atoms with Gasteiger partial charge >= 0.3 is 6.61 Å². The molecule has 0 saturated heterocycles. The van der Waals surface area contributed by atoms with Gasteiger partial charge in [-0.25, -0.2) is 4.98 Å². The van der Waals surface area contributed by atoms with E-state index in [0.29, 0.717) is 16.3 Å². The smallest absolute Gasteiger partial charge is 0.387 e. The van der Waals surface area contributed by atoms with Crippen LogP contribution in [-0.4, -0.2) is 11.6 Å². The molecular formula is C21H17F2N3OS. The maximum Gasteiger partial charge on any atom is 0.387 e. The zero-order valence-electron chi connectivity index (χ0n) is 15.2. The van der Waals surface area contributed by atoms with Crippen LogP contribution in [0.5, 0.6) is 5.75 Å². The summed E-state index contributed by atoms with van der Waals surface area (Å²) in [5.74, 6) is 0.00106. The number of rotatable bonds is 6. The fourth-order valence-electron chi connectivity index (χ4n) is 2.70. The molecule has 0 aliphatic carbocycles. The highest BCUT2D eigenvalue weighted by molar-refractivity contribution is 7.11. The van der Waals surface area contributed by atoms with Crippen molar-refractivity contribution in [1.82, 2.24) is 4.98 Å². The minimum atomic E-state index is -2.93. The number of hydrogen-bond donors (Lipinski definition) is 1. The third kappa shape index (κ3) is 4.53. The lowest BCUT2D eigenvalue weighted by Gasteiger charge is -2.10. The average molecular weight is 397 g/mol. The molecule has 1 aromatic heterocycles. The Morgan fingerprint density at radius 3 is 2.75 bits per heavy atom. The largest absolute Gasteiger partial charge is 0.433 e. The quantitative estimate of drug-likeness (QED) is 0.518. The third-order valence-electron chi connectivity index (χ3n) is 3.99. The van der Waals surface area contributed by atoms with Gasteiger partial charge in [0.25, 0.3) is 0 Å². The molecule has 0 aliphatic heterocycles. The summed E-state index contributed by atoms with van der Waals surface area (Å²) in [6.07, 6.45) is 1.44. The number of nitriles is 1. The number of nitrogens with one attached hydrogen (secondary N) is 1. The van der Waals surface area contributed by atoms with Crippen molar-refractivity contribution in [3.05, 3.63) is 70.2 Å². The number of hydrogen-bond acceptors (Lipinski definition) is 5. The second-order valence-corrected chi connectivity index (χ2v) is 6.90. The maximum atomic E-state index is 12.5. The fraction of sp³-hybridized carbons (Fsp3) is 0.143. The van der Waals surface area contributed by atoms with Crippen LogP contribution in [-0.2, 0) is 0 Å². The first kappa shape index (κ1) is 19.5. The molecule has 0 radical (unpaired) electrons. The van der Waals surface area contributed by atoms with E-state index < -0.39 is 6.61 Å². The number of para-hydroxylation sites is 2. The summed E-state index contributed by atoms with van der Waals surface area (Å²) < 4.78 is 29.5. The van der Waals surface area contributed by atoms with Gasteiger partial charge in [0.1, 0.15) is 22.4 Å². The summed E-state index contributed by atoms with van der Waals surface area (Å²) in [5, 5.41) is 14.8. The lowest BCUT2D eigenvalue weighted by Crippen LogP contribution is -2.04. The van der Waals surface area contributed by atoms with E-state index in [-0.39, 0.29) is 5.75 Å². The van der Waals surface area contributed by atoms with Gasteiger partial charge in [-0.05, 0) is 31.5 Å². The number of nitrogens with zero attached hydrogens (tertiary/aromatic N) is 2. The van der Waals surface area contributed by atoms with Gasteiger partial charge in [0, 0.05) is 17.1 Å². The molecule has 3 aromatic rings. The van der Waals surface area contributed by atoms with E-state index in [4.69, 9.17) is 0 Å². The predicted octanol–water partition coefficient (Wildman–Crippen LogP) is 6.00. The van der Waals surface area contributed by atoms with Crippen LogP contribution in [0, 0.1) is 25.2 Å². The molecule has 2 aromatic carbocycles. The lowest BCUT2D eigenvalue weighted by molar-refractivity contribution is -0.0493. The molecule has 0 saturated carbocycles. The topological polar surface area (TPSA) is 57.9 Å². The second kappa shape index (κ2) is 8.63. The molecule has 1 heterocycles. The molecule has 142 valence electrons. The summed E-state index contributed by atoms with van der Waals surface area (Å²) >= 11 is 1.35. The SMILES string of the molecule is Cc1ccc(-c2csc(/C(C#N)=C/Nc3ccccc3OC(F)F)n2)c(C)c1. The minimum absolute atomic E-state index is 0.00106. The first-order chi connectivity index (χ1) is 13.5. The van der Waals surface area contributed by atoms with E-state index in [1.54, 1.807) is 18.2 Å². The number of halogens is 2. The van der Waals surface area contributed by atoms with Crippen LogP contribution in [0.2, 0.25) is 0 Å². The normalized spacial score (nSPS) is 11.4. The van der Waals surface area contributed by atoms with Crippen LogP contribution < -0.4 is 10.1 Å². The standard InChI is InChI=1S/C21H17F2N3OS/c1-13-7-8-16(14(2)9-13)18-12-28-20(26-18)15(10-24)11-25-17-5-3-4-6-19(17)27-21(22)23/h3-9,11-12,21,25H,1-2H3/b15-11+. The highest BCUT2D eigenvalue weighted by Crippen LogP contribution is 2.30. The van der Waals surface area contributed by atoms with Gasteiger partial charge in [-0.15, -0.1) is 11.3 Å². The monoisotopic (exact) mass is 397 g/mol. The van der Waals surface area contributed by atoms with E-state index >= 15 is 0 Å². The zero-order valence-corrected chi connectivity index (χ0v) is 16.1. The predicted molar refractivity (Wildman–Crippen MR) is 107 cm³/mol. The fourth-order valence-corrected chi connectivity index (χ4v) is 3.48. The Morgan fingerprint density at radius 1 is 1.25 bits per heavy atom. The summed E-state index contributed by atoms with van der Waals surface area (Å²) in [7, 11) is 0. The van der Waals surface area contributed by atoms with Gasteiger partial charge in [0.15, 0.2) is 0 Å². The summed E-state index contributed by atoms with van der Waals surface area (Å²) in [6, 6.07) is 14.5. The van der Waals surface area contributed by atoms with Crippen molar-refractivity contribution in [2.24, 2.45) is 0 Å². The Hall–Kier alpha value is -3.24. The maximum absolute atomic E-state index is 12.5. The minimum Gasteiger partial charge on any atom is -0.433 e. The van der Waals surface area contributed by atoms with Gasteiger partial charge in [-0.3, -0.25) is 0 Å². The van der Waals surface area contributed by atoms with Crippen molar-refractivity contribution in [2.75, 3.05) is 5.32 Å². The summed E-state index contributed by atoms with van der Waals surface area (Å²) in [5.41, 5.74) is 4.71. The molecule has 0 aliphatic rings. The number of ether oxygens (including phenoxy) is 1. The molecule has 0 spiro atoms. The van der Waals surface area contributed by atoms with Gasteiger partial charge in [-0.2, -0.15) is 14.0 Å². The molecule has 0 amide bonds. The molecule has 0 atom stereocenters. The average Bonchev–Trinajstić information content (AvgIpc) is 3.12. The second-order valence-electron chi connectivity index (χ2n) is 6.05. The molecule has 28 heavy (non-hydrogen) atoms. The first-order valence-electron chi connectivity index (χ1n) is 8.42. The Morgan fingerprint density at radius 2 is 2.04 bits per heavy atom. The Labute approximate surface area is 165 Å². The highest BCUT2D eigenvalue weighted by atomic mass is 32.1. The van der Waals surface area contributed by atoms with Crippen molar-refractivity contribution < 1.29 is 13.5 Å². The van der Waals surface area contributed by atoms with Crippen molar-refractivity contribution in [2.45, 2.75) is 20.5 Å². The number of alkyl halides is 2.